The summed E-state index contributed by atoms with van der Waals surface area (Å²) >= 11 is 6.08. The summed E-state index contributed by atoms with van der Waals surface area (Å²) in [5.74, 6) is -1.97. The van der Waals surface area contributed by atoms with Crippen molar-refractivity contribution in [3.8, 4) is 0 Å². The van der Waals surface area contributed by atoms with Crippen LogP contribution in [0.15, 0.2) is 36.4 Å². The van der Waals surface area contributed by atoms with Crippen LogP contribution >= 0.6 is 11.6 Å². The summed E-state index contributed by atoms with van der Waals surface area (Å²) < 4.78 is 9.40. The van der Waals surface area contributed by atoms with Crippen molar-refractivity contribution in [2.75, 3.05) is 31.0 Å². The highest BCUT2D eigenvalue weighted by atomic mass is 35.5. The fourth-order valence-electron chi connectivity index (χ4n) is 3.19. The smallest absolute Gasteiger partial charge is 0.337 e. The molecule has 3 rings (SSSR count). The van der Waals surface area contributed by atoms with Crippen molar-refractivity contribution < 1.29 is 28.7 Å². The Morgan fingerprint density at radius 3 is 2.17 bits per heavy atom. The zero-order valence-electron chi connectivity index (χ0n) is 16.4. The molecule has 0 spiro atoms. The zero-order chi connectivity index (χ0) is 21.8. The summed E-state index contributed by atoms with van der Waals surface area (Å²) in [5.41, 5.74) is 0.970. The maximum absolute atomic E-state index is 13.0. The van der Waals surface area contributed by atoms with Crippen LogP contribution in [0.25, 0.3) is 0 Å². The summed E-state index contributed by atoms with van der Waals surface area (Å²) in [6.45, 7) is 0.490. The van der Waals surface area contributed by atoms with Crippen molar-refractivity contribution in [1.82, 2.24) is 0 Å². The van der Waals surface area contributed by atoms with Crippen LogP contribution in [0.2, 0.25) is 5.02 Å². The van der Waals surface area contributed by atoms with E-state index in [4.69, 9.17) is 21.1 Å². The molecule has 0 aliphatic carbocycles. The Morgan fingerprint density at radius 2 is 1.63 bits per heavy atom. The molecule has 0 bridgehead atoms. The molecule has 8 nitrogen and oxygen atoms in total. The quantitative estimate of drug-likeness (QED) is 0.730. The number of methoxy groups -OCH3 is 2. The van der Waals surface area contributed by atoms with Gasteiger partial charge in [-0.3, -0.25) is 9.59 Å². The number of hydrogen-bond acceptors (Lipinski definition) is 6. The number of hydrogen-bond donors (Lipinski definition) is 1. The first-order valence-electron chi connectivity index (χ1n) is 9.07. The third kappa shape index (κ3) is 4.44. The molecule has 30 heavy (non-hydrogen) atoms. The first-order chi connectivity index (χ1) is 14.3. The van der Waals surface area contributed by atoms with Crippen LogP contribution < -0.4 is 10.2 Å². The SMILES string of the molecule is COC(=O)c1cc(NC(=O)c2ccc(Cl)cc2N2CCCC2=O)cc(C(=O)OC)c1. The average molecular weight is 431 g/mol. The van der Waals surface area contributed by atoms with E-state index in [0.29, 0.717) is 30.1 Å². The van der Waals surface area contributed by atoms with Gasteiger partial charge in [-0.05, 0) is 42.8 Å². The number of anilines is 2. The largest absolute Gasteiger partial charge is 0.465 e. The maximum atomic E-state index is 13.0. The molecule has 1 aliphatic rings. The van der Waals surface area contributed by atoms with Gasteiger partial charge in [0, 0.05) is 23.7 Å². The van der Waals surface area contributed by atoms with Crippen molar-refractivity contribution >= 4 is 46.7 Å². The normalized spacial score (nSPS) is 13.2. The van der Waals surface area contributed by atoms with Gasteiger partial charge in [-0.15, -0.1) is 0 Å². The predicted octanol–water partition coefficient (Wildman–Crippen LogP) is 3.29. The minimum atomic E-state index is -0.675. The number of carbonyl (C=O) groups is 4. The Bertz CT molecular complexity index is 1000. The van der Waals surface area contributed by atoms with Crippen LogP contribution in [0.4, 0.5) is 11.4 Å². The Kier molecular flexibility index (Phi) is 6.37. The topological polar surface area (TPSA) is 102 Å². The van der Waals surface area contributed by atoms with Gasteiger partial charge in [0.15, 0.2) is 0 Å². The average Bonchev–Trinajstić information content (AvgIpc) is 3.17. The van der Waals surface area contributed by atoms with E-state index < -0.39 is 17.8 Å². The van der Waals surface area contributed by atoms with Gasteiger partial charge >= 0.3 is 11.9 Å². The summed E-state index contributed by atoms with van der Waals surface area (Å²) in [7, 11) is 2.41. The number of rotatable bonds is 5. The van der Waals surface area contributed by atoms with Gasteiger partial charge in [-0.1, -0.05) is 11.6 Å². The van der Waals surface area contributed by atoms with E-state index in [0.717, 1.165) is 0 Å². The van der Waals surface area contributed by atoms with Gasteiger partial charge in [0.05, 0.1) is 36.6 Å². The van der Waals surface area contributed by atoms with Crippen molar-refractivity contribution in [2.24, 2.45) is 0 Å². The first kappa shape index (κ1) is 21.3. The molecular formula is C21H19ClN2O6. The monoisotopic (exact) mass is 430 g/mol. The number of carbonyl (C=O) groups excluding carboxylic acids is 4. The Morgan fingerprint density at radius 1 is 1.00 bits per heavy atom. The highest BCUT2D eigenvalue weighted by molar-refractivity contribution is 6.31. The number of nitrogens with one attached hydrogen (secondary N) is 1. The molecule has 0 atom stereocenters. The van der Waals surface area contributed by atoms with E-state index in [1.165, 1.54) is 43.4 Å². The summed E-state index contributed by atoms with van der Waals surface area (Å²) in [4.78, 5) is 50.6. The first-order valence-corrected chi connectivity index (χ1v) is 9.45. The number of ether oxygens (including phenoxy) is 2. The molecule has 1 heterocycles. The van der Waals surface area contributed by atoms with Crippen LogP contribution in [0.5, 0.6) is 0 Å². The molecule has 156 valence electrons. The second-order valence-corrected chi connectivity index (χ2v) is 6.98. The van der Waals surface area contributed by atoms with Crippen LogP contribution in [-0.2, 0) is 14.3 Å². The Balaban J connectivity index is 1.97. The number of amides is 2. The lowest BCUT2D eigenvalue weighted by Gasteiger charge is -2.20. The molecule has 2 aromatic carbocycles. The molecular weight excluding hydrogens is 412 g/mol. The van der Waals surface area contributed by atoms with Crippen molar-refractivity contribution in [1.29, 1.82) is 0 Å². The Hall–Kier alpha value is -3.39. The standard InChI is InChI=1S/C21H19ClN2O6/c1-29-20(27)12-8-13(21(28)30-2)10-15(9-12)23-19(26)16-6-5-14(22)11-17(16)24-7-3-4-18(24)25/h5-6,8-11H,3-4,7H2,1-2H3,(H,23,26). The van der Waals surface area contributed by atoms with Crippen molar-refractivity contribution in [2.45, 2.75) is 12.8 Å². The summed E-state index contributed by atoms with van der Waals surface area (Å²) in [5, 5.41) is 3.05. The molecule has 0 radical (unpaired) electrons. The third-order valence-corrected chi connectivity index (χ3v) is 4.84. The van der Waals surface area contributed by atoms with E-state index >= 15 is 0 Å². The van der Waals surface area contributed by atoms with Crippen LogP contribution in [0.1, 0.15) is 43.9 Å². The predicted molar refractivity (Wildman–Crippen MR) is 110 cm³/mol. The molecule has 2 amide bonds. The molecule has 1 saturated heterocycles. The van der Waals surface area contributed by atoms with E-state index in [-0.39, 0.29) is 28.3 Å². The lowest BCUT2D eigenvalue weighted by atomic mass is 10.1. The summed E-state index contributed by atoms with van der Waals surface area (Å²) in [6.07, 6.45) is 1.09. The number of benzene rings is 2. The fourth-order valence-corrected chi connectivity index (χ4v) is 3.36. The maximum Gasteiger partial charge on any atom is 0.337 e. The molecule has 2 aromatic rings. The third-order valence-electron chi connectivity index (χ3n) is 4.60. The highest BCUT2D eigenvalue weighted by Crippen LogP contribution is 2.29. The van der Waals surface area contributed by atoms with Crippen LogP contribution in [0, 0.1) is 0 Å². The second-order valence-electron chi connectivity index (χ2n) is 6.55. The molecule has 0 saturated carbocycles. The van der Waals surface area contributed by atoms with Gasteiger partial charge in [0.2, 0.25) is 5.91 Å². The fraction of sp³-hybridized carbons (Fsp3) is 0.238. The van der Waals surface area contributed by atoms with E-state index in [9.17, 15) is 19.2 Å². The van der Waals surface area contributed by atoms with E-state index in [1.807, 2.05) is 0 Å². The number of halogens is 1. The van der Waals surface area contributed by atoms with E-state index in [1.54, 1.807) is 12.1 Å². The zero-order valence-corrected chi connectivity index (χ0v) is 17.1. The van der Waals surface area contributed by atoms with Gasteiger partial charge < -0.3 is 19.7 Å². The van der Waals surface area contributed by atoms with Crippen LogP contribution in [-0.4, -0.2) is 44.5 Å². The minimum Gasteiger partial charge on any atom is -0.465 e. The van der Waals surface area contributed by atoms with Gasteiger partial charge in [-0.2, -0.15) is 0 Å². The lowest BCUT2D eigenvalue weighted by molar-refractivity contribution is -0.117. The van der Waals surface area contributed by atoms with Gasteiger partial charge in [0.25, 0.3) is 5.91 Å². The molecule has 1 aliphatic heterocycles. The second kappa shape index (κ2) is 8.96. The molecule has 0 unspecified atom stereocenters. The highest BCUT2D eigenvalue weighted by Gasteiger charge is 2.26. The van der Waals surface area contributed by atoms with Gasteiger partial charge in [0.1, 0.15) is 0 Å². The molecule has 1 fully saturated rings. The van der Waals surface area contributed by atoms with Crippen molar-refractivity contribution in [3.63, 3.8) is 0 Å². The van der Waals surface area contributed by atoms with Crippen molar-refractivity contribution in [3.05, 3.63) is 58.1 Å². The van der Waals surface area contributed by atoms with Crippen LogP contribution in [0.3, 0.4) is 0 Å². The number of esters is 2. The number of nitrogens with zero attached hydrogens (tertiary/aromatic N) is 1. The molecule has 9 heteroatoms. The summed E-state index contributed by atoms with van der Waals surface area (Å²) in [6, 6.07) is 8.70. The molecule has 1 N–H and O–H groups in total. The minimum absolute atomic E-state index is 0.0711. The lowest BCUT2D eigenvalue weighted by Crippen LogP contribution is -2.27. The van der Waals surface area contributed by atoms with Gasteiger partial charge in [-0.25, -0.2) is 9.59 Å². The molecule has 0 aromatic heterocycles. The Labute approximate surface area is 177 Å². The van der Waals surface area contributed by atoms with E-state index in [2.05, 4.69) is 5.32 Å².